The molecule has 7 heteroatoms. The van der Waals surface area contributed by atoms with E-state index in [4.69, 9.17) is 4.74 Å². The van der Waals surface area contributed by atoms with Gasteiger partial charge in [0.15, 0.2) is 0 Å². The molecule has 0 amide bonds. The van der Waals surface area contributed by atoms with E-state index in [1.54, 1.807) is 24.5 Å². The number of hydrogen-bond acceptors (Lipinski definition) is 5. The van der Waals surface area contributed by atoms with E-state index in [1.165, 1.54) is 10.8 Å². The van der Waals surface area contributed by atoms with Gasteiger partial charge in [0.1, 0.15) is 12.1 Å². The van der Waals surface area contributed by atoms with Crippen molar-refractivity contribution in [1.29, 1.82) is 0 Å². The lowest BCUT2D eigenvalue weighted by Crippen LogP contribution is -2.39. The predicted molar refractivity (Wildman–Crippen MR) is 101 cm³/mol. The molecule has 0 radical (unpaired) electrons. The third-order valence-corrected chi connectivity index (χ3v) is 5.06. The number of aromatic nitrogens is 3. The minimum absolute atomic E-state index is 0.415. The summed E-state index contributed by atoms with van der Waals surface area (Å²) in [5, 5.41) is 10.0. The summed E-state index contributed by atoms with van der Waals surface area (Å²) in [6.45, 7) is 6.27. The maximum atomic E-state index is 11.2. The fourth-order valence-corrected chi connectivity index (χ4v) is 3.68. The molecule has 2 aromatic heterocycles. The van der Waals surface area contributed by atoms with Crippen LogP contribution in [0.3, 0.4) is 0 Å². The van der Waals surface area contributed by atoms with Crippen molar-refractivity contribution >= 4 is 17.0 Å². The molecule has 0 saturated carbocycles. The Bertz CT molecular complexity index is 998. The van der Waals surface area contributed by atoms with Crippen LogP contribution in [-0.4, -0.2) is 43.2 Å². The van der Waals surface area contributed by atoms with Crippen molar-refractivity contribution in [2.75, 3.05) is 6.54 Å². The molecule has 0 unspecified atom stereocenters. The van der Waals surface area contributed by atoms with E-state index in [2.05, 4.69) is 28.7 Å². The molecule has 1 atom stereocenters. The van der Waals surface area contributed by atoms with Gasteiger partial charge in [0.25, 0.3) is 0 Å². The molecule has 7 nitrogen and oxygen atoms in total. The average molecular weight is 366 g/mol. The Labute approximate surface area is 157 Å². The molecule has 140 valence electrons. The fraction of sp³-hybridized carbons (Fsp3) is 0.350. The van der Waals surface area contributed by atoms with Crippen LogP contribution < -0.4 is 4.74 Å². The standard InChI is InChI=1S/C20H22N4O3/c1-3-7-23-11-17-16(9-13(23)2)19(22-12-21-17)27-15-4-5-18-14(10-15)6-8-24(18)20(25)26/h4-6,8,10,12-13H,3,7,9,11H2,1-2H3,(H,25,26)/t13-/m0/s1. The van der Waals surface area contributed by atoms with Crippen LogP contribution in [-0.2, 0) is 13.0 Å². The second-order valence-electron chi connectivity index (χ2n) is 6.92. The van der Waals surface area contributed by atoms with Crippen LogP contribution in [0.25, 0.3) is 10.9 Å². The van der Waals surface area contributed by atoms with Crippen molar-refractivity contribution in [3.63, 3.8) is 0 Å². The van der Waals surface area contributed by atoms with Gasteiger partial charge in [-0.2, -0.15) is 0 Å². The zero-order chi connectivity index (χ0) is 19.0. The number of carboxylic acid groups (broad SMARTS) is 1. The minimum Gasteiger partial charge on any atom is -0.464 e. The van der Waals surface area contributed by atoms with E-state index >= 15 is 0 Å². The van der Waals surface area contributed by atoms with Gasteiger partial charge in [-0.15, -0.1) is 0 Å². The summed E-state index contributed by atoms with van der Waals surface area (Å²) >= 11 is 0. The second-order valence-corrected chi connectivity index (χ2v) is 6.92. The van der Waals surface area contributed by atoms with E-state index in [9.17, 15) is 9.90 Å². The lowest BCUT2D eigenvalue weighted by Gasteiger charge is -2.34. The van der Waals surface area contributed by atoms with Gasteiger partial charge in [0, 0.05) is 29.7 Å². The van der Waals surface area contributed by atoms with E-state index in [1.807, 2.05) is 6.07 Å². The molecule has 1 N–H and O–H groups in total. The Morgan fingerprint density at radius 1 is 1.33 bits per heavy atom. The van der Waals surface area contributed by atoms with Crippen LogP contribution in [0, 0.1) is 0 Å². The number of ether oxygens (including phenoxy) is 1. The van der Waals surface area contributed by atoms with E-state index < -0.39 is 6.09 Å². The number of fused-ring (bicyclic) bond motifs is 2. The lowest BCUT2D eigenvalue weighted by molar-refractivity contribution is 0.179. The molecule has 1 aromatic carbocycles. The normalized spacial score (nSPS) is 17.0. The number of nitrogens with zero attached hydrogens (tertiary/aromatic N) is 4. The van der Waals surface area contributed by atoms with Crippen molar-refractivity contribution in [3.8, 4) is 11.6 Å². The van der Waals surface area contributed by atoms with Crippen LogP contribution in [0.4, 0.5) is 4.79 Å². The summed E-state index contributed by atoms with van der Waals surface area (Å²) in [5.74, 6) is 1.22. The SMILES string of the molecule is CCCN1Cc2ncnc(Oc3ccc4c(ccn4C(=O)O)c3)c2C[C@@H]1C. The number of carbonyl (C=O) groups is 1. The number of benzene rings is 1. The molecule has 3 aromatic rings. The highest BCUT2D eigenvalue weighted by molar-refractivity contribution is 5.89. The molecule has 3 heterocycles. The summed E-state index contributed by atoms with van der Waals surface area (Å²) < 4.78 is 7.26. The Morgan fingerprint density at radius 3 is 2.96 bits per heavy atom. The number of hydrogen-bond donors (Lipinski definition) is 1. The fourth-order valence-electron chi connectivity index (χ4n) is 3.68. The van der Waals surface area contributed by atoms with Gasteiger partial charge in [-0.25, -0.2) is 14.8 Å². The lowest BCUT2D eigenvalue weighted by atomic mass is 9.99. The van der Waals surface area contributed by atoms with E-state index in [0.29, 0.717) is 23.2 Å². The maximum absolute atomic E-state index is 11.2. The summed E-state index contributed by atoms with van der Waals surface area (Å²) in [5.41, 5.74) is 2.70. The molecule has 0 spiro atoms. The maximum Gasteiger partial charge on any atom is 0.415 e. The molecule has 1 aliphatic rings. The Balaban J connectivity index is 1.63. The van der Waals surface area contributed by atoms with Gasteiger partial charge in [0.2, 0.25) is 5.88 Å². The van der Waals surface area contributed by atoms with Crippen molar-refractivity contribution in [2.45, 2.75) is 39.3 Å². The first-order chi connectivity index (χ1) is 13.1. The first-order valence-electron chi connectivity index (χ1n) is 9.16. The molecule has 27 heavy (non-hydrogen) atoms. The van der Waals surface area contributed by atoms with Crippen LogP contribution in [0.2, 0.25) is 0 Å². The highest BCUT2D eigenvalue weighted by atomic mass is 16.5. The van der Waals surface area contributed by atoms with Gasteiger partial charge in [-0.05, 0) is 50.6 Å². The minimum atomic E-state index is -1.01. The van der Waals surface area contributed by atoms with Crippen molar-refractivity contribution < 1.29 is 14.6 Å². The first-order valence-corrected chi connectivity index (χ1v) is 9.16. The first kappa shape index (κ1) is 17.5. The van der Waals surface area contributed by atoms with Crippen LogP contribution >= 0.6 is 0 Å². The molecule has 0 bridgehead atoms. The summed E-state index contributed by atoms with van der Waals surface area (Å²) in [6.07, 6.45) is 4.04. The van der Waals surface area contributed by atoms with E-state index in [0.717, 1.165) is 42.6 Å². The third-order valence-electron chi connectivity index (χ3n) is 5.06. The highest BCUT2D eigenvalue weighted by Gasteiger charge is 2.26. The van der Waals surface area contributed by atoms with Crippen molar-refractivity contribution in [3.05, 3.63) is 48.0 Å². The zero-order valence-electron chi connectivity index (χ0n) is 15.4. The molecule has 0 fully saturated rings. The third kappa shape index (κ3) is 3.26. The predicted octanol–water partition coefficient (Wildman–Crippen LogP) is 3.91. The van der Waals surface area contributed by atoms with Gasteiger partial charge >= 0.3 is 6.09 Å². The monoisotopic (exact) mass is 366 g/mol. The summed E-state index contributed by atoms with van der Waals surface area (Å²) in [6, 6.07) is 7.53. The molecule has 0 saturated heterocycles. The second kappa shape index (κ2) is 7.00. The van der Waals surface area contributed by atoms with E-state index in [-0.39, 0.29) is 0 Å². The molecule has 1 aliphatic heterocycles. The van der Waals surface area contributed by atoms with Crippen molar-refractivity contribution in [1.82, 2.24) is 19.4 Å². The van der Waals surface area contributed by atoms with Gasteiger partial charge < -0.3 is 9.84 Å². The number of rotatable bonds is 4. The quantitative estimate of drug-likeness (QED) is 0.754. The van der Waals surface area contributed by atoms with Crippen LogP contribution in [0.15, 0.2) is 36.8 Å². The van der Waals surface area contributed by atoms with Crippen LogP contribution in [0.5, 0.6) is 11.6 Å². The van der Waals surface area contributed by atoms with Crippen LogP contribution in [0.1, 0.15) is 31.5 Å². The smallest absolute Gasteiger partial charge is 0.415 e. The Kier molecular flexibility index (Phi) is 4.53. The highest BCUT2D eigenvalue weighted by Crippen LogP contribution is 2.32. The van der Waals surface area contributed by atoms with Gasteiger partial charge in [0.05, 0.1) is 11.2 Å². The zero-order valence-corrected chi connectivity index (χ0v) is 15.4. The molecule has 4 rings (SSSR count). The average Bonchev–Trinajstić information content (AvgIpc) is 3.07. The Hall–Kier alpha value is -2.93. The Morgan fingerprint density at radius 2 is 2.19 bits per heavy atom. The van der Waals surface area contributed by atoms with Crippen molar-refractivity contribution in [2.24, 2.45) is 0 Å². The largest absolute Gasteiger partial charge is 0.464 e. The topological polar surface area (TPSA) is 80.5 Å². The molecule has 0 aliphatic carbocycles. The summed E-state index contributed by atoms with van der Waals surface area (Å²) in [7, 11) is 0. The van der Waals surface area contributed by atoms with Gasteiger partial charge in [-0.3, -0.25) is 9.47 Å². The summed E-state index contributed by atoms with van der Waals surface area (Å²) in [4.78, 5) is 22.5. The molecular weight excluding hydrogens is 344 g/mol. The van der Waals surface area contributed by atoms with Gasteiger partial charge in [-0.1, -0.05) is 6.92 Å². The molecular formula is C20H22N4O3.